The van der Waals surface area contributed by atoms with Crippen molar-refractivity contribution in [3.05, 3.63) is 24.3 Å². The molecule has 0 heterocycles. The summed E-state index contributed by atoms with van der Waals surface area (Å²) in [6, 6.07) is 6.61. The quantitative estimate of drug-likeness (QED) is 0.790. The van der Waals surface area contributed by atoms with Crippen molar-refractivity contribution in [3.8, 4) is 11.5 Å². The van der Waals surface area contributed by atoms with Gasteiger partial charge in [-0.3, -0.25) is 4.79 Å². The molecule has 0 amide bonds. The van der Waals surface area contributed by atoms with Gasteiger partial charge in [0.25, 0.3) is 0 Å². The maximum absolute atomic E-state index is 11.0. The van der Waals surface area contributed by atoms with Gasteiger partial charge in [0.05, 0.1) is 7.11 Å². The molecule has 2 N–H and O–H groups in total. The van der Waals surface area contributed by atoms with Gasteiger partial charge in [-0.2, -0.15) is 0 Å². The molecule has 0 aliphatic rings. The second-order valence-corrected chi connectivity index (χ2v) is 4.92. The molecule has 1 rings (SSSR count). The van der Waals surface area contributed by atoms with Crippen LogP contribution in [0.1, 0.15) is 20.3 Å². The zero-order valence-electron chi connectivity index (χ0n) is 11.8. The maximum Gasteiger partial charge on any atom is 0.320 e. The molecule has 0 spiro atoms. The zero-order chi connectivity index (χ0) is 14.5. The van der Waals surface area contributed by atoms with E-state index in [0.717, 1.165) is 0 Å². The minimum Gasteiger partial charge on any atom is -0.497 e. The van der Waals surface area contributed by atoms with E-state index in [-0.39, 0.29) is 0 Å². The fourth-order valence-corrected chi connectivity index (χ4v) is 1.83. The third kappa shape index (κ3) is 4.79. The summed E-state index contributed by atoms with van der Waals surface area (Å²) >= 11 is 0. The van der Waals surface area contributed by atoms with E-state index in [1.54, 1.807) is 20.2 Å². The van der Waals surface area contributed by atoms with Crippen LogP contribution in [0, 0.1) is 0 Å². The number of benzene rings is 1. The summed E-state index contributed by atoms with van der Waals surface area (Å²) in [4.78, 5) is 11.0. The number of aliphatic carboxylic acids is 1. The highest BCUT2D eigenvalue weighted by molar-refractivity contribution is 5.73. The number of carboxylic acids is 1. The van der Waals surface area contributed by atoms with Crippen molar-refractivity contribution in [1.29, 1.82) is 0 Å². The molecular weight excluding hydrogens is 246 g/mol. The number of carbonyl (C=O) groups is 1. The molecule has 1 atom stereocenters. The van der Waals surface area contributed by atoms with Gasteiger partial charge in [-0.1, -0.05) is 6.07 Å². The molecule has 0 saturated carbocycles. The SMILES string of the molecule is CNC(CC(C)(C)Oc1cccc(OC)c1)C(=O)O. The molecule has 1 aromatic rings. The highest BCUT2D eigenvalue weighted by atomic mass is 16.5. The van der Waals surface area contributed by atoms with Crippen LogP contribution in [-0.4, -0.2) is 36.9 Å². The van der Waals surface area contributed by atoms with E-state index in [2.05, 4.69) is 5.32 Å². The van der Waals surface area contributed by atoms with Gasteiger partial charge in [-0.25, -0.2) is 0 Å². The van der Waals surface area contributed by atoms with Crippen LogP contribution in [0.25, 0.3) is 0 Å². The molecule has 0 saturated heterocycles. The van der Waals surface area contributed by atoms with Crippen LogP contribution >= 0.6 is 0 Å². The molecule has 106 valence electrons. The molecule has 5 heteroatoms. The lowest BCUT2D eigenvalue weighted by molar-refractivity contribution is -0.140. The number of methoxy groups -OCH3 is 1. The van der Waals surface area contributed by atoms with E-state index in [1.165, 1.54) is 0 Å². The van der Waals surface area contributed by atoms with Crippen molar-refractivity contribution in [2.45, 2.75) is 31.9 Å². The molecule has 0 fully saturated rings. The molecule has 19 heavy (non-hydrogen) atoms. The number of rotatable bonds is 7. The molecule has 0 aromatic heterocycles. The largest absolute Gasteiger partial charge is 0.497 e. The van der Waals surface area contributed by atoms with Crippen molar-refractivity contribution in [2.24, 2.45) is 0 Å². The molecule has 0 radical (unpaired) electrons. The van der Waals surface area contributed by atoms with Crippen molar-refractivity contribution >= 4 is 5.97 Å². The molecule has 0 bridgehead atoms. The Bertz CT molecular complexity index is 431. The molecular formula is C14H21NO4. The van der Waals surface area contributed by atoms with Gasteiger partial charge in [0.1, 0.15) is 23.1 Å². The number of hydrogen-bond donors (Lipinski definition) is 2. The number of hydrogen-bond acceptors (Lipinski definition) is 4. The van der Waals surface area contributed by atoms with Gasteiger partial charge in [-0.05, 0) is 33.0 Å². The van der Waals surface area contributed by atoms with Crippen LogP contribution in [-0.2, 0) is 4.79 Å². The fraction of sp³-hybridized carbons (Fsp3) is 0.500. The van der Waals surface area contributed by atoms with E-state index < -0.39 is 17.6 Å². The monoisotopic (exact) mass is 267 g/mol. The van der Waals surface area contributed by atoms with Gasteiger partial charge in [-0.15, -0.1) is 0 Å². The van der Waals surface area contributed by atoms with E-state index in [9.17, 15) is 4.79 Å². The molecule has 0 aliphatic carbocycles. The van der Waals surface area contributed by atoms with E-state index in [0.29, 0.717) is 17.9 Å². The maximum atomic E-state index is 11.0. The lowest BCUT2D eigenvalue weighted by Crippen LogP contribution is -2.42. The van der Waals surface area contributed by atoms with Crippen molar-refractivity contribution in [2.75, 3.05) is 14.2 Å². The summed E-state index contributed by atoms with van der Waals surface area (Å²) < 4.78 is 11.0. The smallest absolute Gasteiger partial charge is 0.320 e. The van der Waals surface area contributed by atoms with E-state index in [4.69, 9.17) is 14.6 Å². The van der Waals surface area contributed by atoms with Crippen LogP contribution in [0.15, 0.2) is 24.3 Å². The van der Waals surface area contributed by atoms with Gasteiger partial charge in [0.15, 0.2) is 0 Å². The Labute approximate surface area is 113 Å². The Kier molecular flexibility index (Phi) is 5.18. The minimum atomic E-state index is -0.884. The number of likely N-dealkylation sites (N-methyl/N-ethyl adjacent to an activating group) is 1. The van der Waals surface area contributed by atoms with E-state index in [1.807, 2.05) is 32.0 Å². The number of carboxylic acid groups (broad SMARTS) is 1. The lowest BCUT2D eigenvalue weighted by Gasteiger charge is -2.29. The number of nitrogens with one attached hydrogen (secondary N) is 1. The molecule has 1 unspecified atom stereocenters. The van der Waals surface area contributed by atoms with Crippen LogP contribution in [0.2, 0.25) is 0 Å². The Hall–Kier alpha value is -1.75. The number of ether oxygens (including phenoxy) is 2. The highest BCUT2D eigenvalue weighted by Gasteiger charge is 2.28. The van der Waals surface area contributed by atoms with Crippen LogP contribution in [0.3, 0.4) is 0 Å². The standard InChI is InChI=1S/C14H21NO4/c1-14(2,9-12(15-3)13(16)17)19-11-7-5-6-10(8-11)18-4/h5-8,12,15H,9H2,1-4H3,(H,16,17). The average molecular weight is 267 g/mol. The summed E-state index contributed by atoms with van der Waals surface area (Å²) in [5.74, 6) is 0.478. The van der Waals surface area contributed by atoms with Crippen molar-refractivity contribution in [1.82, 2.24) is 5.32 Å². The summed E-state index contributed by atoms with van der Waals surface area (Å²) in [5.41, 5.74) is -0.599. The van der Waals surface area contributed by atoms with Crippen LogP contribution in [0.5, 0.6) is 11.5 Å². The Morgan fingerprint density at radius 1 is 1.42 bits per heavy atom. The third-order valence-corrected chi connectivity index (χ3v) is 2.78. The van der Waals surface area contributed by atoms with Crippen molar-refractivity contribution < 1.29 is 19.4 Å². The second-order valence-electron chi connectivity index (χ2n) is 4.92. The molecule has 1 aromatic carbocycles. The molecule has 0 aliphatic heterocycles. The van der Waals surface area contributed by atoms with Gasteiger partial charge < -0.3 is 19.9 Å². The Balaban J connectivity index is 2.74. The van der Waals surface area contributed by atoms with Crippen LogP contribution < -0.4 is 14.8 Å². The Morgan fingerprint density at radius 3 is 2.58 bits per heavy atom. The van der Waals surface area contributed by atoms with E-state index >= 15 is 0 Å². The van der Waals surface area contributed by atoms with Crippen LogP contribution in [0.4, 0.5) is 0 Å². The summed E-state index contributed by atoms with van der Waals surface area (Å²) in [7, 11) is 3.21. The predicted octanol–water partition coefficient (Wildman–Crippen LogP) is 1.92. The van der Waals surface area contributed by atoms with Gasteiger partial charge in [0.2, 0.25) is 0 Å². The van der Waals surface area contributed by atoms with Gasteiger partial charge in [0, 0.05) is 12.5 Å². The predicted molar refractivity (Wildman–Crippen MR) is 72.8 cm³/mol. The van der Waals surface area contributed by atoms with Gasteiger partial charge >= 0.3 is 5.97 Å². The first-order chi connectivity index (χ1) is 8.88. The first kappa shape index (κ1) is 15.3. The zero-order valence-corrected chi connectivity index (χ0v) is 11.8. The normalized spacial score (nSPS) is 12.8. The summed E-state index contributed by atoms with van der Waals surface area (Å²) in [6.45, 7) is 3.72. The first-order valence-electron chi connectivity index (χ1n) is 6.11. The lowest BCUT2D eigenvalue weighted by atomic mass is 9.98. The van der Waals surface area contributed by atoms with Crippen molar-refractivity contribution in [3.63, 3.8) is 0 Å². The Morgan fingerprint density at radius 2 is 2.05 bits per heavy atom. The topological polar surface area (TPSA) is 67.8 Å². The summed E-state index contributed by atoms with van der Waals surface area (Å²) in [6.07, 6.45) is 0.357. The third-order valence-electron chi connectivity index (χ3n) is 2.78. The average Bonchev–Trinajstić information content (AvgIpc) is 2.35. The molecule has 5 nitrogen and oxygen atoms in total. The fourth-order valence-electron chi connectivity index (χ4n) is 1.83. The summed E-state index contributed by atoms with van der Waals surface area (Å²) in [5, 5.41) is 11.8. The first-order valence-corrected chi connectivity index (χ1v) is 6.11. The minimum absolute atomic E-state index is 0.357. The second kappa shape index (κ2) is 6.43. The highest BCUT2D eigenvalue weighted by Crippen LogP contribution is 2.25.